The summed E-state index contributed by atoms with van der Waals surface area (Å²) in [7, 11) is 0. The van der Waals surface area contributed by atoms with Crippen molar-refractivity contribution in [2.75, 3.05) is 13.1 Å². The number of hydrogen-bond donors (Lipinski definition) is 1. The van der Waals surface area contributed by atoms with E-state index in [1.807, 2.05) is 25.1 Å². The van der Waals surface area contributed by atoms with Crippen LogP contribution in [0.1, 0.15) is 37.2 Å². The zero-order valence-electron chi connectivity index (χ0n) is 13.7. The maximum atomic E-state index is 12.6. The average Bonchev–Trinajstić information content (AvgIpc) is 2.85. The summed E-state index contributed by atoms with van der Waals surface area (Å²) in [4.78, 5) is 18.3. The molecule has 1 amide bonds. The number of nitrogens with zero attached hydrogens (tertiary/aromatic N) is 4. The van der Waals surface area contributed by atoms with Gasteiger partial charge in [0.15, 0.2) is 0 Å². The van der Waals surface area contributed by atoms with E-state index >= 15 is 0 Å². The second-order valence-electron chi connectivity index (χ2n) is 5.98. The number of aryl methyl sites for hydroxylation is 1. The van der Waals surface area contributed by atoms with E-state index in [0.29, 0.717) is 23.1 Å². The number of aliphatic hydroxyl groups is 1. The van der Waals surface area contributed by atoms with Crippen molar-refractivity contribution < 1.29 is 9.90 Å². The Hall–Kier alpha value is -1.92. The SMILES string of the molecule is CCN(CC(C)(C)O)C(=O)c1nc(C)n(-c2ccccc2Cl)n1. The van der Waals surface area contributed by atoms with Gasteiger partial charge in [-0.3, -0.25) is 4.79 Å². The highest BCUT2D eigenvalue weighted by molar-refractivity contribution is 6.32. The van der Waals surface area contributed by atoms with Crippen LogP contribution in [0.4, 0.5) is 0 Å². The van der Waals surface area contributed by atoms with Gasteiger partial charge in [-0.05, 0) is 39.8 Å². The molecule has 0 spiro atoms. The summed E-state index contributed by atoms with van der Waals surface area (Å²) in [6, 6.07) is 7.24. The number of carbonyl (C=O) groups is 1. The van der Waals surface area contributed by atoms with Gasteiger partial charge in [0.25, 0.3) is 5.91 Å². The number of para-hydroxylation sites is 1. The lowest BCUT2D eigenvalue weighted by molar-refractivity contribution is 0.0308. The van der Waals surface area contributed by atoms with Gasteiger partial charge in [-0.2, -0.15) is 0 Å². The third-order valence-corrected chi connectivity index (χ3v) is 3.61. The first-order valence-corrected chi connectivity index (χ1v) is 7.81. The van der Waals surface area contributed by atoms with Crippen LogP contribution in [0, 0.1) is 6.92 Å². The monoisotopic (exact) mass is 336 g/mol. The first-order chi connectivity index (χ1) is 10.7. The molecule has 0 fully saturated rings. The van der Waals surface area contributed by atoms with Gasteiger partial charge in [0.1, 0.15) is 5.82 Å². The number of carbonyl (C=O) groups excluding carboxylic acids is 1. The third kappa shape index (κ3) is 4.09. The number of rotatable bonds is 5. The van der Waals surface area contributed by atoms with Gasteiger partial charge >= 0.3 is 0 Å². The standard InChI is InChI=1S/C16H21ClN4O2/c1-5-20(10-16(3,4)23)15(22)14-18-11(2)21(19-14)13-9-7-6-8-12(13)17/h6-9,23H,5,10H2,1-4H3. The summed E-state index contributed by atoms with van der Waals surface area (Å²) in [5.74, 6) is 0.345. The summed E-state index contributed by atoms with van der Waals surface area (Å²) >= 11 is 6.18. The van der Waals surface area contributed by atoms with E-state index in [1.165, 1.54) is 4.90 Å². The predicted octanol–water partition coefficient (Wildman–Crippen LogP) is 2.46. The first-order valence-electron chi connectivity index (χ1n) is 7.43. The molecule has 0 bridgehead atoms. The Labute approximate surface area is 140 Å². The first kappa shape index (κ1) is 17.4. The van der Waals surface area contributed by atoms with Crippen LogP contribution >= 0.6 is 11.6 Å². The molecule has 0 saturated carbocycles. The van der Waals surface area contributed by atoms with Gasteiger partial charge < -0.3 is 10.0 Å². The van der Waals surface area contributed by atoms with E-state index in [9.17, 15) is 9.90 Å². The molecule has 7 heteroatoms. The van der Waals surface area contributed by atoms with Crippen molar-refractivity contribution in [2.24, 2.45) is 0 Å². The van der Waals surface area contributed by atoms with Crippen LogP contribution in [0.5, 0.6) is 0 Å². The van der Waals surface area contributed by atoms with E-state index < -0.39 is 5.60 Å². The lowest BCUT2D eigenvalue weighted by Crippen LogP contribution is -2.42. The average molecular weight is 337 g/mol. The van der Waals surface area contributed by atoms with Gasteiger partial charge in [-0.15, -0.1) is 5.10 Å². The van der Waals surface area contributed by atoms with Gasteiger partial charge in [0.05, 0.1) is 16.3 Å². The summed E-state index contributed by atoms with van der Waals surface area (Å²) in [6.07, 6.45) is 0. The smallest absolute Gasteiger partial charge is 0.293 e. The lowest BCUT2D eigenvalue weighted by Gasteiger charge is -2.27. The Bertz CT molecular complexity index is 706. The van der Waals surface area contributed by atoms with Crippen LogP contribution < -0.4 is 0 Å². The number of benzene rings is 1. The van der Waals surface area contributed by atoms with E-state index in [1.54, 1.807) is 31.5 Å². The van der Waals surface area contributed by atoms with E-state index in [-0.39, 0.29) is 18.3 Å². The van der Waals surface area contributed by atoms with Crippen molar-refractivity contribution in [3.05, 3.63) is 40.9 Å². The molecule has 0 aliphatic carbocycles. The topological polar surface area (TPSA) is 71.2 Å². The molecule has 0 aliphatic rings. The molecule has 0 atom stereocenters. The Balaban J connectivity index is 2.33. The molecule has 0 saturated heterocycles. The van der Waals surface area contributed by atoms with Crippen LogP contribution in [-0.4, -0.2) is 49.4 Å². The summed E-state index contributed by atoms with van der Waals surface area (Å²) in [5, 5.41) is 14.8. The second-order valence-corrected chi connectivity index (χ2v) is 6.38. The highest BCUT2D eigenvalue weighted by atomic mass is 35.5. The molecule has 2 aromatic rings. The zero-order valence-corrected chi connectivity index (χ0v) is 14.5. The predicted molar refractivity (Wildman–Crippen MR) is 89.0 cm³/mol. The van der Waals surface area contributed by atoms with Crippen LogP contribution in [0.15, 0.2) is 24.3 Å². The fraction of sp³-hybridized carbons (Fsp3) is 0.438. The van der Waals surface area contributed by atoms with E-state index in [0.717, 1.165) is 0 Å². The number of aromatic nitrogens is 3. The van der Waals surface area contributed by atoms with Crippen molar-refractivity contribution in [3.63, 3.8) is 0 Å². The van der Waals surface area contributed by atoms with Crippen molar-refractivity contribution in [2.45, 2.75) is 33.3 Å². The van der Waals surface area contributed by atoms with Crippen LogP contribution in [0.2, 0.25) is 5.02 Å². The number of halogens is 1. The zero-order chi connectivity index (χ0) is 17.2. The van der Waals surface area contributed by atoms with Crippen molar-refractivity contribution in [3.8, 4) is 5.69 Å². The van der Waals surface area contributed by atoms with Crippen LogP contribution in [-0.2, 0) is 0 Å². The quantitative estimate of drug-likeness (QED) is 0.910. The largest absolute Gasteiger partial charge is 0.389 e. The minimum absolute atomic E-state index is 0.0912. The van der Waals surface area contributed by atoms with E-state index in [2.05, 4.69) is 10.1 Å². The minimum atomic E-state index is -0.980. The summed E-state index contributed by atoms with van der Waals surface area (Å²) in [6.45, 7) is 7.60. The molecule has 1 aromatic heterocycles. The van der Waals surface area contributed by atoms with Crippen molar-refractivity contribution in [1.82, 2.24) is 19.7 Å². The Morgan fingerprint density at radius 2 is 2.04 bits per heavy atom. The molecule has 1 aromatic carbocycles. The van der Waals surface area contributed by atoms with Gasteiger partial charge in [0, 0.05) is 13.1 Å². The molecule has 1 N–H and O–H groups in total. The number of hydrogen-bond acceptors (Lipinski definition) is 4. The number of likely N-dealkylation sites (N-methyl/N-ethyl adjacent to an activating group) is 1. The lowest BCUT2D eigenvalue weighted by atomic mass is 10.1. The Morgan fingerprint density at radius 3 is 2.61 bits per heavy atom. The van der Waals surface area contributed by atoms with Crippen LogP contribution in [0.25, 0.3) is 5.69 Å². The van der Waals surface area contributed by atoms with Crippen molar-refractivity contribution in [1.29, 1.82) is 0 Å². The molecule has 0 unspecified atom stereocenters. The highest BCUT2D eigenvalue weighted by Gasteiger charge is 2.25. The fourth-order valence-corrected chi connectivity index (χ4v) is 2.48. The Kier molecular flexibility index (Phi) is 5.06. The second kappa shape index (κ2) is 6.68. The normalized spacial score (nSPS) is 11.6. The maximum absolute atomic E-state index is 12.6. The number of amides is 1. The molecule has 124 valence electrons. The van der Waals surface area contributed by atoms with E-state index in [4.69, 9.17) is 11.6 Å². The maximum Gasteiger partial charge on any atom is 0.293 e. The fourth-order valence-electron chi connectivity index (χ4n) is 2.27. The van der Waals surface area contributed by atoms with Crippen molar-refractivity contribution >= 4 is 17.5 Å². The third-order valence-electron chi connectivity index (χ3n) is 3.29. The highest BCUT2D eigenvalue weighted by Crippen LogP contribution is 2.20. The summed E-state index contributed by atoms with van der Waals surface area (Å²) in [5.41, 5.74) is -0.310. The summed E-state index contributed by atoms with van der Waals surface area (Å²) < 4.78 is 1.55. The van der Waals surface area contributed by atoms with Crippen LogP contribution in [0.3, 0.4) is 0 Å². The molecule has 0 aliphatic heterocycles. The van der Waals surface area contributed by atoms with Gasteiger partial charge in [-0.25, -0.2) is 9.67 Å². The van der Waals surface area contributed by atoms with Gasteiger partial charge in [-0.1, -0.05) is 23.7 Å². The molecule has 2 rings (SSSR count). The molecule has 0 radical (unpaired) electrons. The molecular weight excluding hydrogens is 316 g/mol. The molecule has 23 heavy (non-hydrogen) atoms. The minimum Gasteiger partial charge on any atom is -0.389 e. The molecular formula is C16H21ClN4O2. The Morgan fingerprint density at radius 1 is 1.39 bits per heavy atom. The molecule has 6 nitrogen and oxygen atoms in total. The molecule has 1 heterocycles. The van der Waals surface area contributed by atoms with Gasteiger partial charge in [0.2, 0.25) is 5.82 Å².